The molecule has 1 aromatic carbocycles. The quantitative estimate of drug-likeness (QED) is 0.852. The molecule has 0 fully saturated rings. The number of nitrogens with two attached hydrogens (primary N) is 1. The summed E-state index contributed by atoms with van der Waals surface area (Å²) in [6.07, 6.45) is 4.57. The standard InChI is InChI=1S/C17H18N2O2S/c1-9-6-10(2)15(20)11(7-9)8-19-17-14(16(18)21)12-4-3-5-13(12)22-17/h6-8,20H,3-5H2,1-2H3,(H2,18,21). The first-order valence-electron chi connectivity index (χ1n) is 7.26. The van der Waals surface area contributed by atoms with Gasteiger partial charge >= 0.3 is 0 Å². The molecule has 1 amide bonds. The number of primary amides is 1. The number of benzene rings is 1. The van der Waals surface area contributed by atoms with Crippen molar-refractivity contribution < 1.29 is 9.90 Å². The van der Waals surface area contributed by atoms with E-state index in [2.05, 4.69) is 4.99 Å². The summed E-state index contributed by atoms with van der Waals surface area (Å²) in [5, 5.41) is 10.8. The molecule has 1 aliphatic carbocycles. The van der Waals surface area contributed by atoms with E-state index in [0.29, 0.717) is 16.1 Å². The highest BCUT2D eigenvalue weighted by molar-refractivity contribution is 7.16. The number of hydrogen-bond acceptors (Lipinski definition) is 4. The van der Waals surface area contributed by atoms with Crippen LogP contribution < -0.4 is 5.73 Å². The molecule has 0 saturated heterocycles. The largest absolute Gasteiger partial charge is 0.507 e. The van der Waals surface area contributed by atoms with Gasteiger partial charge in [-0.05, 0) is 55.9 Å². The summed E-state index contributed by atoms with van der Waals surface area (Å²) >= 11 is 1.53. The zero-order chi connectivity index (χ0) is 15.9. The molecule has 3 rings (SSSR count). The van der Waals surface area contributed by atoms with Crippen molar-refractivity contribution in [3.05, 3.63) is 44.8 Å². The van der Waals surface area contributed by atoms with E-state index in [0.717, 1.165) is 36.0 Å². The molecule has 0 aliphatic heterocycles. The average molecular weight is 314 g/mol. The molecule has 1 heterocycles. The van der Waals surface area contributed by atoms with Gasteiger partial charge in [0.15, 0.2) is 0 Å². The van der Waals surface area contributed by atoms with E-state index < -0.39 is 5.91 Å². The molecule has 114 valence electrons. The number of hydrogen-bond donors (Lipinski definition) is 2. The zero-order valence-electron chi connectivity index (χ0n) is 12.6. The normalized spacial score (nSPS) is 13.7. The Hall–Kier alpha value is -2.14. The molecule has 1 aromatic heterocycles. The smallest absolute Gasteiger partial charge is 0.252 e. The van der Waals surface area contributed by atoms with Gasteiger partial charge in [-0.3, -0.25) is 4.79 Å². The highest BCUT2D eigenvalue weighted by Gasteiger charge is 2.24. The molecule has 0 radical (unpaired) electrons. The summed E-state index contributed by atoms with van der Waals surface area (Å²) in [5.41, 5.74) is 9.66. The second-order valence-electron chi connectivity index (χ2n) is 5.68. The summed E-state index contributed by atoms with van der Waals surface area (Å²) in [5.74, 6) is -0.199. The van der Waals surface area contributed by atoms with E-state index in [-0.39, 0.29) is 5.75 Å². The number of rotatable bonds is 3. The predicted octanol–water partition coefficient (Wildman–Crippen LogP) is 3.41. The van der Waals surface area contributed by atoms with Crippen molar-refractivity contribution in [2.45, 2.75) is 33.1 Å². The van der Waals surface area contributed by atoms with Crippen molar-refractivity contribution in [3.8, 4) is 5.75 Å². The molecule has 5 heteroatoms. The molecule has 0 atom stereocenters. The molecule has 2 aromatic rings. The minimum absolute atomic E-state index is 0.221. The summed E-state index contributed by atoms with van der Waals surface area (Å²) in [6, 6.07) is 3.79. The van der Waals surface area contributed by atoms with Gasteiger partial charge in [0.2, 0.25) is 0 Å². The van der Waals surface area contributed by atoms with Gasteiger partial charge in [0, 0.05) is 16.7 Å². The lowest BCUT2D eigenvalue weighted by Crippen LogP contribution is -2.12. The van der Waals surface area contributed by atoms with Crippen LogP contribution in [0.2, 0.25) is 0 Å². The molecule has 22 heavy (non-hydrogen) atoms. The molecule has 0 bridgehead atoms. The number of fused-ring (bicyclic) bond motifs is 1. The molecule has 0 spiro atoms. The number of phenols is 1. The monoisotopic (exact) mass is 314 g/mol. The zero-order valence-corrected chi connectivity index (χ0v) is 13.5. The number of aromatic hydroxyl groups is 1. The van der Waals surface area contributed by atoms with E-state index >= 15 is 0 Å². The minimum atomic E-state index is -0.420. The number of aryl methyl sites for hydroxylation is 3. The number of amides is 1. The van der Waals surface area contributed by atoms with Gasteiger partial charge in [0.1, 0.15) is 10.8 Å². The number of carbonyl (C=O) groups is 1. The molecule has 1 aliphatic rings. The first-order chi connectivity index (χ1) is 10.5. The van der Waals surface area contributed by atoms with Crippen LogP contribution in [0.15, 0.2) is 17.1 Å². The van der Waals surface area contributed by atoms with Crippen molar-refractivity contribution >= 4 is 28.5 Å². The molecule has 0 saturated carbocycles. The maximum Gasteiger partial charge on any atom is 0.252 e. The molecular formula is C17H18N2O2S. The summed E-state index contributed by atoms with van der Waals surface area (Å²) in [7, 11) is 0. The Labute approximate surface area is 133 Å². The van der Waals surface area contributed by atoms with Gasteiger partial charge in [0.25, 0.3) is 5.91 Å². The van der Waals surface area contributed by atoms with E-state index in [4.69, 9.17) is 5.73 Å². The number of phenolic OH excluding ortho intramolecular Hbond substituents is 1. The fourth-order valence-corrected chi connectivity index (χ4v) is 4.19. The van der Waals surface area contributed by atoms with Crippen LogP contribution in [0, 0.1) is 13.8 Å². The van der Waals surface area contributed by atoms with E-state index in [1.54, 1.807) is 6.21 Å². The van der Waals surface area contributed by atoms with Crippen LogP contribution in [0.5, 0.6) is 5.75 Å². The number of thiophene rings is 1. The lowest BCUT2D eigenvalue weighted by Gasteiger charge is -2.04. The second kappa shape index (κ2) is 5.57. The Bertz CT molecular complexity index is 790. The lowest BCUT2D eigenvalue weighted by molar-refractivity contribution is 0.100. The van der Waals surface area contributed by atoms with Crippen LogP contribution in [0.25, 0.3) is 0 Å². The van der Waals surface area contributed by atoms with Crippen molar-refractivity contribution in [1.82, 2.24) is 0 Å². The van der Waals surface area contributed by atoms with Gasteiger partial charge in [-0.2, -0.15) is 0 Å². The molecule has 0 unspecified atom stereocenters. The Kier molecular flexibility index (Phi) is 3.74. The fraction of sp³-hybridized carbons (Fsp3) is 0.294. The lowest BCUT2D eigenvalue weighted by atomic mass is 10.1. The SMILES string of the molecule is Cc1cc(C)c(O)c(C=Nc2sc3c(c2C(N)=O)CCC3)c1. The van der Waals surface area contributed by atoms with Crippen molar-refractivity contribution in [2.75, 3.05) is 0 Å². The molecule has 3 N–H and O–H groups in total. The van der Waals surface area contributed by atoms with Crippen LogP contribution in [-0.4, -0.2) is 17.2 Å². The van der Waals surface area contributed by atoms with Crippen molar-refractivity contribution in [1.29, 1.82) is 0 Å². The first kappa shape index (κ1) is 14.8. The summed E-state index contributed by atoms with van der Waals surface area (Å²) in [4.78, 5) is 17.4. The van der Waals surface area contributed by atoms with E-state index in [1.165, 1.54) is 16.2 Å². The van der Waals surface area contributed by atoms with Crippen molar-refractivity contribution in [2.24, 2.45) is 10.7 Å². The summed E-state index contributed by atoms with van der Waals surface area (Å²) < 4.78 is 0. The van der Waals surface area contributed by atoms with E-state index in [9.17, 15) is 9.90 Å². The highest BCUT2D eigenvalue weighted by Crippen LogP contribution is 2.40. The third-order valence-corrected chi connectivity index (χ3v) is 5.14. The fourth-order valence-electron chi connectivity index (χ4n) is 2.95. The van der Waals surface area contributed by atoms with Crippen LogP contribution >= 0.6 is 11.3 Å². The van der Waals surface area contributed by atoms with Gasteiger partial charge in [-0.25, -0.2) is 4.99 Å². The Morgan fingerprint density at radius 2 is 2.14 bits per heavy atom. The van der Waals surface area contributed by atoms with Crippen LogP contribution in [-0.2, 0) is 12.8 Å². The maximum absolute atomic E-state index is 11.7. The number of aliphatic imine (C=N–C) groups is 1. The third-order valence-electron chi connectivity index (χ3n) is 3.94. The van der Waals surface area contributed by atoms with Gasteiger partial charge in [-0.1, -0.05) is 6.07 Å². The number of carbonyl (C=O) groups excluding carboxylic acids is 1. The summed E-state index contributed by atoms with van der Waals surface area (Å²) in [6.45, 7) is 3.83. The van der Waals surface area contributed by atoms with E-state index in [1.807, 2.05) is 26.0 Å². The van der Waals surface area contributed by atoms with Crippen molar-refractivity contribution in [3.63, 3.8) is 0 Å². The van der Waals surface area contributed by atoms with Gasteiger partial charge < -0.3 is 10.8 Å². The predicted molar refractivity (Wildman–Crippen MR) is 89.7 cm³/mol. The van der Waals surface area contributed by atoms with Crippen LogP contribution in [0.1, 0.15) is 43.9 Å². The average Bonchev–Trinajstić information content (AvgIpc) is 3.00. The molecular weight excluding hydrogens is 296 g/mol. The second-order valence-corrected chi connectivity index (χ2v) is 6.76. The third kappa shape index (κ3) is 2.52. The Morgan fingerprint density at radius 3 is 2.86 bits per heavy atom. The van der Waals surface area contributed by atoms with Crippen LogP contribution in [0.4, 0.5) is 5.00 Å². The Balaban J connectivity index is 2.02. The minimum Gasteiger partial charge on any atom is -0.507 e. The molecule has 4 nitrogen and oxygen atoms in total. The Morgan fingerprint density at radius 1 is 1.36 bits per heavy atom. The number of nitrogens with zero attached hydrogens (tertiary/aromatic N) is 1. The maximum atomic E-state index is 11.7. The first-order valence-corrected chi connectivity index (χ1v) is 8.07. The topological polar surface area (TPSA) is 75.7 Å². The highest BCUT2D eigenvalue weighted by atomic mass is 32.1. The van der Waals surface area contributed by atoms with Gasteiger partial charge in [-0.15, -0.1) is 11.3 Å². The van der Waals surface area contributed by atoms with Gasteiger partial charge in [0.05, 0.1) is 5.56 Å². The van der Waals surface area contributed by atoms with Crippen LogP contribution in [0.3, 0.4) is 0 Å².